The molecule has 1 atom stereocenters. The second kappa shape index (κ2) is 8.36. The molecule has 0 bridgehead atoms. The Hall–Kier alpha value is -0.300. The molecule has 4 nitrogen and oxygen atoms in total. The Bertz CT molecular complexity index is 491. The van der Waals surface area contributed by atoms with Crippen LogP contribution in [0.25, 0.3) is 0 Å². The van der Waals surface area contributed by atoms with Crippen molar-refractivity contribution in [2.75, 3.05) is 20.2 Å². The molecular weight excluding hydrogens is 423 g/mol. The Morgan fingerprint density at radius 3 is 2.48 bits per heavy atom. The van der Waals surface area contributed by atoms with Crippen LogP contribution in [0, 0.1) is 0 Å². The van der Waals surface area contributed by atoms with Gasteiger partial charge in [-0.3, -0.25) is 4.79 Å². The summed E-state index contributed by atoms with van der Waals surface area (Å²) < 4.78 is 7.43. The van der Waals surface area contributed by atoms with Crippen molar-refractivity contribution in [1.82, 2.24) is 10.2 Å². The molecule has 1 heterocycles. The lowest BCUT2D eigenvalue weighted by molar-refractivity contribution is -0.126. The predicted octanol–water partition coefficient (Wildman–Crippen LogP) is 3.35. The second-order valence-corrected chi connectivity index (χ2v) is 6.59. The molecule has 2 rings (SSSR count). The van der Waals surface area contributed by atoms with Crippen LogP contribution in [-0.4, -0.2) is 37.0 Å². The van der Waals surface area contributed by atoms with Gasteiger partial charge in [-0.15, -0.1) is 12.4 Å². The van der Waals surface area contributed by atoms with E-state index in [0.717, 1.165) is 33.3 Å². The van der Waals surface area contributed by atoms with Gasteiger partial charge in [0.2, 0.25) is 5.91 Å². The first-order valence-electron chi connectivity index (χ1n) is 6.59. The lowest BCUT2D eigenvalue weighted by Crippen LogP contribution is -2.31. The van der Waals surface area contributed by atoms with E-state index >= 15 is 0 Å². The first kappa shape index (κ1) is 18.7. The number of rotatable bonds is 5. The summed E-state index contributed by atoms with van der Waals surface area (Å²) in [6, 6.07) is 4.32. The van der Waals surface area contributed by atoms with Crippen molar-refractivity contribution < 1.29 is 9.53 Å². The summed E-state index contributed by atoms with van der Waals surface area (Å²) >= 11 is 7.05. The Morgan fingerprint density at radius 1 is 1.38 bits per heavy atom. The van der Waals surface area contributed by atoms with Crippen molar-refractivity contribution >= 4 is 50.2 Å². The maximum absolute atomic E-state index is 11.5. The quantitative estimate of drug-likeness (QED) is 0.761. The molecule has 0 radical (unpaired) electrons. The minimum atomic E-state index is 0. The number of nitrogens with zero attached hydrogens (tertiary/aromatic N) is 1. The first-order chi connectivity index (χ1) is 9.51. The molecule has 1 aliphatic heterocycles. The monoisotopic (exact) mass is 440 g/mol. The van der Waals surface area contributed by atoms with E-state index in [4.69, 9.17) is 4.74 Å². The third kappa shape index (κ3) is 4.84. The average Bonchev–Trinajstić information content (AvgIpc) is 2.71. The third-order valence-electron chi connectivity index (χ3n) is 3.28. The number of carbonyl (C=O) groups excluding carboxylic acids is 1. The van der Waals surface area contributed by atoms with Crippen molar-refractivity contribution in [3.63, 3.8) is 0 Å². The number of hydrogen-bond donors (Lipinski definition) is 1. The van der Waals surface area contributed by atoms with E-state index in [1.165, 1.54) is 0 Å². The van der Waals surface area contributed by atoms with Gasteiger partial charge in [-0.25, -0.2) is 0 Å². The SMILES string of the molecule is CCOc1c(Br)cc(CNC2CC(=O)N(C)C2)cc1Br.Cl. The molecule has 7 heteroatoms. The highest BCUT2D eigenvalue weighted by Gasteiger charge is 2.26. The number of ether oxygens (including phenoxy) is 1. The topological polar surface area (TPSA) is 41.6 Å². The molecule has 0 spiro atoms. The van der Waals surface area contributed by atoms with Gasteiger partial charge in [0.15, 0.2) is 0 Å². The molecule has 0 aromatic heterocycles. The van der Waals surface area contributed by atoms with Gasteiger partial charge in [0.05, 0.1) is 15.6 Å². The van der Waals surface area contributed by atoms with Crippen molar-refractivity contribution in [1.29, 1.82) is 0 Å². The number of benzene rings is 1. The van der Waals surface area contributed by atoms with Crippen molar-refractivity contribution in [2.45, 2.75) is 25.9 Å². The van der Waals surface area contributed by atoms with E-state index in [0.29, 0.717) is 13.0 Å². The molecule has 1 aliphatic rings. The molecule has 1 amide bonds. The molecular formula is C14H19Br2ClN2O2. The standard InChI is InChI=1S/C14H18Br2N2O2.ClH/c1-3-20-14-11(15)4-9(5-12(14)16)7-17-10-6-13(19)18(2)8-10;/h4-5,10,17H,3,6-8H2,1-2H3;1H. The number of nitrogens with one attached hydrogen (secondary N) is 1. The van der Waals surface area contributed by atoms with Gasteiger partial charge in [-0.2, -0.15) is 0 Å². The fourth-order valence-electron chi connectivity index (χ4n) is 2.26. The van der Waals surface area contributed by atoms with Gasteiger partial charge in [0, 0.05) is 32.6 Å². The average molecular weight is 443 g/mol. The summed E-state index contributed by atoms with van der Waals surface area (Å²) in [5, 5.41) is 3.42. The number of halogens is 3. The van der Waals surface area contributed by atoms with Crippen molar-refractivity contribution in [2.24, 2.45) is 0 Å². The van der Waals surface area contributed by atoms with Gasteiger partial charge in [0.25, 0.3) is 0 Å². The maximum Gasteiger partial charge on any atom is 0.224 e. The van der Waals surface area contributed by atoms with Crippen molar-refractivity contribution in [3.05, 3.63) is 26.6 Å². The van der Waals surface area contributed by atoms with Crippen LogP contribution in [0.1, 0.15) is 18.9 Å². The summed E-state index contributed by atoms with van der Waals surface area (Å²) in [6.07, 6.45) is 0.579. The van der Waals surface area contributed by atoms with Gasteiger partial charge in [0.1, 0.15) is 5.75 Å². The summed E-state index contributed by atoms with van der Waals surface area (Å²) in [5.74, 6) is 1.03. The van der Waals surface area contributed by atoms with Gasteiger partial charge in [-0.05, 0) is 56.5 Å². The Labute approximate surface area is 148 Å². The summed E-state index contributed by atoms with van der Waals surface area (Å²) in [6.45, 7) is 4.10. The predicted molar refractivity (Wildman–Crippen MR) is 93.1 cm³/mol. The molecule has 0 aliphatic carbocycles. The van der Waals surface area contributed by atoms with Gasteiger partial charge in [-0.1, -0.05) is 0 Å². The zero-order chi connectivity index (χ0) is 14.7. The number of likely N-dealkylation sites (N-methyl/N-ethyl adjacent to an activating group) is 1. The fraction of sp³-hybridized carbons (Fsp3) is 0.500. The summed E-state index contributed by atoms with van der Waals surface area (Å²) in [4.78, 5) is 13.2. The highest BCUT2D eigenvalue weighted by Crippen LogP contribution is 2.34. The van der Waals surface area contributed by atoms with Crippen LogP contribution in [-0.2, 0) is 11.3 Å². The van der Waals surface area contributed by atoms with E-state index in [9.17, 15) is 4.79 Å². The Kier molecular flexibility index (Phi) is 7.47. The molecule has 118 valence electrons. The van der Waals surface area contributed by atoms with E-state index in [2.05, 4.69) is 37.2 Å². The Balaban J connectivity index is 0.00000220. The molecule has 1 aromatic rings. The lowest BCUT2D eigenvalue weighted by Gasteiger charge is -2.14. The van der Waals surface area contributed by atoms with Crippen LogP contribution in [0.3, 0.4) is 0 Å². The van der Waals surface area contributed by atoms with Crippen LogP contribution in [0.2, 0.25) is 0 Å². The minimum absolute atomic E-state index is 0. The molecule has 1 N–H and O–H groups in total. The fourth-order valence-corrected chi connectivity index (χ4v) is 3.77. The number of hydrogen-bond acceptors (Lipinski definition) is 3. The van der Waals surface area contributed by atoms with Gasteiger partial charge >= 0.3 is 0 Å². The molecule has 21 heavy (non-hydrogen) atoms. The van der Waals surface area contributed by atoms with E-state index in [1.54, 1.807) is 4.90 Å². The van der Waals surface area contributed by atoms with Crippen LogP contribution < -0.4 is 10.1 Å². The van der Waals surface area contributed by atoms with E-state index in [-0.39, 0.29) is 24.4 Å². The van der Waals surface area contributed by atoms with E-state index < -0.39 is 0 Å². The summed E-state index contributed by atoms with van der Waals surface area (Å²) in [7, 11) is 1.84. The largest absolute Gasteiger partial charge is 0.492 e. The van der Waals surface area contributed by atoms with Crippen LogP contribution in [0.4, 0.5) is 0 Å². The van der Waals surface area contributed by atoms with Crippen LogP contribution >= 0.6 is 44.3 Å². The zero-order valence-electron chi connectivity index (χ0n) is 12.0. The molecule has 1 unspecified atom stereocenters. The Morgan fingerprint density at radius 2 is 2.00 bits per heavy atom. The number of amides is 1. The smallest absolute Gasteiger partial charge is 0.224 e. The molecule has 0 saturated carbocycles. The molecule has 1 aromatic carbocycles. The molecule has 1 fully saturated rings. The van der Waals surface area contributed by atoms with Crippen LogP contribution in [0.5, 0.6) is 5.75 Å². The molecule has 1 saturated heterocycles. The third-order valence-corrected chi connectivity index (χ3v) is 4.46. The second-order valence-electron chi connectivity index (χ2n) is 4.88. The van der Waals surface area contributed by atoms with Gasteiger partial charge < -0.3 is 15.0 Å². The number of likely N-dealkylation sites (tertiary alicyclic amines) is 1. The highest BCUT2D eigenvalue weighted by atomic mass is 79.9. The summed E-state index contributed by atoms with van der Waals surface area (Å²) in [5.41, 5.74) is 1.15. The normalized spacial score (nSPS) is 17.8. The maximum atomic E-state index is 11.5. The van der Waals surface area contributed by atoms with Crippen molar-refractivity contribution in [3.8, 4) is 5.75 Å². The minimum Gasteiger partial charge on any atom is -0.492 e. The number of carbonyl (C=O) groups is 1. The zero-order valence-corrected chi connectivity index (χ0v) is 16.0. The first-order valence-corrected chi connectivity index (χ1v) is 8.18. The lowest BCUT2D eigenvalue weighted by atomic mass is 10.2. The van der Waals surface area contributed by atoms with E-state index in [1.807, 2.05) is 26.1 Å². The van der Waals surface area contributed by atoms with Crippen LogP contribution in [0.15, 0.2) is 21.1 Å². The highest BCUT2D eigenvalue weighted by molar-refractivity contribution is 9.11.